The van der Waals surface area contributed by atoms with Gasteiger partial charge in [0.1, 0.15) is 0 Å². The average molecular weight is 349 g/mol. The van der Waals surface area contributed by atoms with Crippen LogP contribution < -0.4 is 0 Å². The number of hydrogen-bond donors (Lipinski definition) is 0. The molecule has 0 spiro atoms. The molecule has 26 heavy (non-hydrogen) atoms. The molecule has 0 heteroatoms. The zero-order valence-corrected chi connectivity index (χ0v) is 17.5. The number of aryl methyl sites for hydroxylation is 3. The van der Waals surface area contributed by atoms with E-state index in [2.05, 4.69) is 65.0 Å². The SMILES string of the molecule is CCCCCCCCCc1cc(C)cc2c1-c1ccc(C)cc1C2(C)C. The number of benzene rings is 2. The van der Waals surface area contributed by atoms with Gasteiger partial charge in [-0.3, -0.25) is 0 Å². The minimum absolute atomic E-state index is 0.123. The third kappa shape index (κ3) is 3.75. The van der Waals surface area contributed by atoms with Crippen LogP contribution in [0.5, 0.6) is 0 Å². The molecular weight excluding hydrogens is 312 g/mol. The molecule has 2 aromatic carbocycles. The van der Waals surface area contributed by atoms with Crippen LogP contribution in [0, 0.1) is 13.8 Å². The number of hydrogen-bond acceptors (Lipinski definition) is 0. The maximum Gasteiger partial charge on any atom is 0.0159 e. The second-order valence-corrected chi connectivity index (χ2v) is 8.89. The van der Waals surface area contributed by atoms with Crippen molar-refractivity contribution in [3.8, 4) is 11.1 Å². The van der Waals surface area contributed by atoms with Crippen LogP contribution in [0.2, 0.25) is 0 Å². The van der Waals surface area contributed by atoms with Crippen LogP contribution in [0.4, 0.5) is 0 Å². The molecule has 140 valence electrons. The fourth-order valence-electron chi connectivity index (χ4n) is 4.68. The summed E-state index contributed by atoms with van der Waals surface area (Å²) in [6.45, 7) is 11.6. The topological polar surface area (TPSA) is 0 Å². The Balaban J connectivity index is 1.80. The van der Waals surface area contributed by atoms with E-state index in [0.29, 0.717) is 0 Å². The molecule has 0 unspecified atom stereocenters. The van der Waals surface area contributed by atoms with Crippen molar-refractivity contribution < 1.29 is 0 Å². The van der Waals surface area contributed by atoms with Crippen LogP contribution in [0.1, 0.15) is 93.5 Å². The summed E-state index contributed by atoms with van der Waals surface area (Å²) in [4.78, 5) is 0. The smallest absolute Gasteiger partial charge is 0.0159 e. The van der Waals surface area contributed by atoms with Gasteiger partial charge in [0.15, 0.2) is 0 Å². The van der Waals surface area contributed by atoms with Gasteiger partial charge in [-0.25, -0.2) is 0 Å². The second kappa shape index (κ2) is 7.99. The molecule has 0 atom stereocenters. The molecule has 0 amide bonds. The lowest BCUT2D eigenvalue weighted by Crippen LogP contribution is -2.15. The van der Waals surface area contributed by atoms with E-state index in [9.17, 15) is 0 Å². The summed E-state index contributed by atoms with van der Waals surface area (Å²) < 4.78 is 0. The summed E-state index contributed by atoms with van der Waals surface area (Å²) in [5.74, 6) is 0. The molecule has 0 fully saturated rings. The molecule has 0 nitrogen and oxygen atoms in total. The molecule has 0 N–H and O–H groups in total. The fraction of sp³-hybridized carbons (Fsp3) is 0.538. The Labute approximate surface area is 161 Å². The predicted octanol–water partition coefficient (Wildman–Crippen LogP) is 7.90. The first-order chi connectivity index (χ1) is 12.4. The maximum absolute atomic E-state index is 2.45. The molecule has 0 aromatic heterocycles. The highest BCUT2D eigenvalue weighted by Crippen LogP contribution is 2.50. The first-order valence-electron chi connectivity index (χ1n) is 10.7. The monoisotopic (exact) mass is 348 g/mol. The standard InChI is InChI=1S/C26H36/c1-6-7-8-9-10-11-12-13-21-16-20(3)18-24-25(21)22-15-14-19(2)17-23(22)26(24,4)5/h14-18H,6-13H2,1-5H3. The number of unbranched alkanes of at least 4 members (excludes halogenated alkanes) is 6. The zero-order valence-electron chi connectivity index (χ0n) is 17.5. The van der Waals surface area contributed by atoms with Crippen LogP contribution in [-0.2, 0) is 11.8 Å². The highest BCUT2D eigenvalue weighted by Gasteiger charge is 2.36. The predicted molar refractivity (Wildman–Crippen MR) is 115 cm³/mol. The highest BCUT2D eigenvalue weighted by molar-refractivity contribution is 5.83. The van der Waals surface area contributed by atoms with E-state index < -0.39 is 0 Å². The van der Waals surface area contributed by atoms with E-state index >= 15 is 0 Å². The Morgan fingerprint density at radius 3 is 2.12 bits per heavy atom. The van der Waals surface area contributed by atoms with Gasteiger partial charge in [-0.2, -0.15) is 0 Å². The van der Waals surface area contributed by atoms with E-state index in [0.717, 1.165) is 0 Å². The van der Waals surface area contributed by atoms with Gasteiger partial charge in [0.25, 0.3) is 0 Å². The van der Waals surface area contributed by atoms with E-state index in [1.807, 2.05) is 0 Å². The summed E-state index contributed by atoms with van der Waals surface area (Å²) in [5, 5.41) is 0. The normalized spacial score (nSPS) is 14.3. The third-order valence-corrected chi connectivity index (χ3v) is 6.21. The fourth-order valence-corrected chi connectivity index (χ4v) is 4.68. The molecule has 3 rings (SSSR count). The number of rotatable bonds is 8. The van der Waals surface area contributed by atoms with Crippen molar-refractivity contribution in [3.05, 3.63) is 58.1 Å². The van der Waals surface area contributed by atoms with Gasteiger partial charge in [-0.15, -0.1) is 0 Å². The molecule has 0 radical (unpaired) electrons. The van der Waals surface area contributed by atoms with E-state index in [-0.39, 0.29) is 5.41 Å². The maximum atomic E-state index is 2.45. The van der Waals surface area contributed by atoms with Crippen LogP contribution >= 0.6 is 0 Å². The quantitative estimate of drug-likeness (QED) is 0.425. The largest absolute Gasteiger partial charge is 0.0654 e. The Hall–Kier alpha value is -1.56. The first kappa shape index (κ1) is 19.2. The van der Waals surface area contributed by atoms with Crippen LogP contribution in [0.3, 0.4) is 0 Å². The Morgan fingerprint density at radius 1 is 0.731 bits per heavy atom. The van der Waals surface area contributed by atoms with Crippen LogP contribution in [-0.4, -0.2) is 0 Å². The number of fused-ring (bicyclic) bond motifs is 3. The van der Waals surface area contributed by atoms with Crippen molar-refractivity contribution in [3.63, 3.8) is 0 Å². The van der Waals surface area contributed by atoms with E-state index in [1.165, 1.54) is 79.2 Å². The summed E-state index contributed by atoms with van der Waals surface area (Å²) in [6.07, 6.45) is 10.9. The van der Waals surface area contributed by atoms with Crippen molar-refractivity contribution in [1.29, 1.82) is 0 Å². The average Bonchev–Trinajstić information content (AvgIpc) is 2.81. The molecule has 0 bridgehead atoms. The van der Waals surface area contributed by atoms with Gasteiger partial charge in [0, 0.05) is 5.41 Å². The molecule has 1 aliphatic carbocycles. The van der Waals surface area contributed by atoms with E-state index in [4.69, 9.17) is 0 Å². The summed E-state index contributed by atoms with van der Waals surface area (Å²) in [7, 11) is 0. The van der Waals surface area contributed by atoms with Crippen molar-refractivity contribution in [2.45, 2.75) is 91.4 Å². The van der Waals surface area contributed by atoms with Crippen molar-refractivity contribution in [2.75, 3.05) is 0 Å². The van der Waals surface area contributed by atoms with Gasteiger partial charge in [-0.1, -0.05) is 101 Å². The molecule has 0 saturated heterocycles. The summed E-state index contributed by atoms with van der Waals surface area (Å²) in [6, 6.07) is 11.9. The van der Waals surface area contributed by atoms with Gasteiger partial charge < -0.3 is 0 Å². The lowest BCUT2D eigenvalue weighted by molar-refractivity contribution is 0.589. The zero-order chi connectivity index (χ0) is 18.7. The molecule has 1 aliphatic rings. The Morgan fingerprint density at radius 2 is 1.38 bits per heavy atom. The lowest BCUT2D eigenvalue weighted by atomic mass is 9.81. The summed E-state index contributed by atoms with van der Waals surface area (Å²) in [5.41, 5.74) is 10.6. The lowest BCUT2D eigenvalue weighted by Gasteiger charge is -2.22. The molecule has 0 saturated carbocycles. The van der Waals surface area contributed by atoms with Gasteiger partial charge >= 0.3 is 0 Å². The Bertz CT molecular complexity index is 764. The molecule has 0 heterocycles. The van der Waals surface area contributed by atoms with Gasteiger partial charge in [-0.05, 0) is 54.5 Å². The minimum atomic E-state index is 0.123. The van der Waals surface area contributed by atoms with Crippen molar-refractivity contribution >= 4 is 0 Å². The molecule has 2 aromatic rings. The van der Waals surface area contributed by atoms with Crippen LogP contribution in [0.15, 0.2) is 30.3 Å². The Kier molecular flexibility index (Phi) is 5.90. The first-order valence-corrected chi connectivity index (χ1v) is 10.7. The van der Waals surface area contributed by atoms with Crippen molar-refractivity contribution in [1.82, 2.24) is 0 Å². The molecule has 0 aliphatic heterocycles. The van der Waals surface area contributed by atoms with Gasteiger partial charge in [0.05, 0.1) is 0 Å². The molecular formula is C26H36. The third-order valence-electron chi connectivity index (χ3n) is 6.21. The van der Waals surface area contributed by atoms with Crippen LogP contribution in [0.25, 0.3) is 11.1 Å². The van der Waals surface area contributed by atoms with Gasteiger partial charge in [0.2, 0.25) is 0 Å². The van der Waals surface area contributed by atoms with E-state index in [1.54, 1.807) is 11.1 Å². The summed E-state index contributed by atoms with van der Waals surface area (Å²) >= 11 is 0. The second-order valence-electron chi connectivity index (χ2n) is 8.89. The minimum Gasteiger partial charge on any atom is -0.0654 e. The van der Waals surface area contributed by atoms with Crippen molar-refractivity contribution in [2.24, 2.45) is 0 Å². The highest BCUT2D eigenvalue weighted by atomic mass is 14.4.